The molecule has 0 aliphatic carbocycles. The molecule has 2 aromatic rings. The van der Waals surface area contributed by atoms with Gasteiger partial charge in [0.15, 0.2) is 18.1 Å². The Morgan fingerprint density at radius 3 is 2.47 bits per heavy atom. The average molecular weight is 436 g/mol. The van der Waals surface area contributed by atoms with Crippen molar-refractivity contribution in [2.45, 2.75) is 32.7 Å². The molecule has 0 atom stereocenters. The third kappa shape index (κ3) is 6.24. The zero-order valence-electron chi connectivity index (χ0n) is 18.5. The Morgan fingerprint density at radius 2 is 1.78 bits per heavy atom. The molecule has 1 aliphatic rings. The molecule has 0 spiro atoms. The van der Waals surface area contributed by atoms with Gasteiger partial charge in [0.2, 0.25) is 0 Å². The molecule has 7 heteroatoms. The van der Waals surface area contributed by atoms with E-state index in [9.17, 15) is 14.9 Å². The van der Waals surface area contributed by atoms with E-state index in [1.54, 1.807) is 18.2 Å². The minimum absolute atomic E-state index is 0.0275. The van der Waals surface area contributed by atoms with Crippen LogP contribution < -0.4 is 9.47 Å². The summed E-state index contributed by atoms with van der Waals surface area (Å²) in [6.45, 7) is 4.00. The molecule has 0 bridgehead atoms. The first-order chi connectivity index (χ1) is 15.6. The number of rotatable bonds is 9. The van der Waals surface area contributed by atoms with Crippen molar-refractivity contribution in [3.8, 4) is 17.6 Å². The van der Waals surface area contributed by atoms with E-state index in [2.05, 4.69) is 6.07 Å². The molecule has 32 heavy (non-hydrogen) atoms. The Kier molecular flexibility index (Phi) is 8.50. The fourth-order valence-corrected chi connectivity index (χ4v) is 3.67. The van der Waals surface area contributed by atoms with Gasteiger partial charge in [-0.15, -0.1) is 0 Å². The Bertz CT molecular complexity index is 949. The minimum Gasteiger partial charge on any atom is -0.490 e. The van der Waals surface area contributed by atoms with Crippen LogP contribution in [0.2, 0.25) is 0 Å². The van der Waals surface area contributed by atoms with Crippen molar-refractivity contribution in [1.82, 2.24) is 9.80 Å². The molecule has 1 aliphatic heterocycles. The number of nitriles is 1. The summed E-state index contributed by atoms with van der Waals surface area (Å²) in [7, 11) is 0. The molecule has 2 aromatic carbocycles. The molecule has 1 heterocycles. The van der Waals surface area contributed by atoms with E-state index >= 15 is 0 Å². The van der Waals surface area contributed by atoms with Crippen molar-refractivity contribution in [2.75, 3.05) is 32.8 Å². The Hall–Kier alpha value is -3.53. The molecule has 0 radical (unpaired) electrons. The van der Waals surface area contributed by atoms with Gasteiger partial charge in [-0.1, -0.05) is 30.3 Å². The molecular weight excluding hydrogens is 406 g/mol. The molecule has 2 amide bonds. The maximum absolute atomic E-state index is 13.1. The number of ether oxygens (including phenoxy) is 2. The highest BCUT2D eigenvalue weighted by atomic mass is 16.5. The first-order valence-corrected chi connectivity index (χ1v) is 11.0. The second-order valence-electron chi connectivity index (χ2n) is 7.63. The zero-order valence-corrected chi connectivity index (χ0v) is 18.5. The lowest BCUT2D eigenvalue weighted by Crippen LogP contribution is -2.38. The highest BCUT2D eigenvalue weighted by molar-refractivity contribution is 5.95. The van der Waals surface area contributed by atoms with Crippen LogP contribution >= 0.6 is 0 Å². The summed E-state index contributed by atoms with van der Waals surface area (Å²) < 4.78 is 11.4. The summed E-state index contributed by atoms with van der Waals surface area (Å²) in [6.07, 6.45) is 3.20. The van der Waals surface area contributed by atoms with Gasteiger partial charge in [-0.3, -0.25) is 9.59 Å². The van der Waals surface area contributed by atoms with Gasteiger partial charge >= 0.3 is 0 Å². The van der Waals surface area contributed by atoms with E-state index in [0.29, 0.717) is 30.2 Å². The summed E-state index contributed by atoms with van der Waals surface area (Å²) in [5, 5.41) is 9.20. The number of carbonyl (C=O) groups is 2. The Labute approximate surface area is 189 Å². The lowest BCUT2D eigenvalue weighted by atomic mass is 10.1. The zero-order chi connectivity index (χ0) is 22.8. The van der Waals surface area contributed by atoms with Gasteiger partial charge in [0, 0.05) is 25.2 Å². The first kappa shape index (κ1) is 23.1. The fourth-order valence-electron chi connectivity index (χ4n) is 3.67. The molecular formula is C25H29N3O4. The number of likely N-dealkylation sites (tertiary alicyclic amines) is 1. The van der Waals surface area contributed by atoms with Crippen LogP contribution in [0.3, 0.4) is 0 Å². The Balaban J connectivity index is 1.72. The third-order valence-electron chi connectivity index (χ3n) is 5.32. The highest BCUT2D eigenvalue weighted by Gasteiger charge is 2.20. The largest absolute Gasteiger partial charge is 0.490 e. The fraction of sp³-hybridized carbons (Fsp3) is 0.400. The van der Waals surface area contributed by atoms with Gasteiger partial charge in [0.1, 0.15) is 6.54 Å². The van der Waals surface area contributed by atoms with Crippen molar-refractivity contribution in [3.63, 3.8) is 0 Å². The second kappa shape index (κ2) is 11.8. The summed E-state index contributed by atoms with van der Waals surface area (Å²) in [5.41, 5.74) is 1.34. The molecule has 0 aromatic heterocycles. The summed E-state index contributed by atoms with van der Waals surface area (Å²) in [4.78, 5) is 28.8. The normalized spacial score (nSPS) is 13.2. The van der Waals surface area contributed by atoms with Crippen LogP contribution in [-0.2, 0) is 11.3 Å². The van der Waals surface area contributed by atoms with Crippen molar-refractivity contribution in [2.24, 2.45) is 0 Å². The van der Waals surface area contributed by atoms with E-state index in [-0.39, 0.29) is 25.0 Å². The van der Waals surface area contributed by atoms with Gasteiger partial charge in [-0.05, 0) is 49.9 Å². The summed E-state index contributed by atoms with van der Waals surface area (Å²) in [6, 6.07) is 16.5. The maximum Gasteiger partial charge on any atom is 0.260 e. The van der Waals surface area contributed by atoms with Crippen LogP contribution in [0.1, 0.15) is 42.1 Å². The number of hydrogen-bond acceptors (Lipinski definition) is 5. The third-order valence-corrected chi connectivity index (χ3v) is 5.32. The number of amides is 2. The molecule has 0 saturated carbocycles. The van der Waals surface area contributed by atoms with Crippen molar-refractivity contribution >= 4 is 11.8 Å². The smallest absolute Gasteiger partial charge is 0.260 e. The summed E-state index contributed by atoms with van der Waals surface area (Å²) >= 11 is 0. The standard InChI is InChI=1S/C25H29N3O4/c1-2-31-23-17-21(25(30)28(16-13-26)18-20-9-5-3-6-10-20)11-12-22(23)32-19-24(29)27-14-7-4-8-15-27/h3,5-6,9-12,17H,2,4,7-8,14-16,18-19H2,1H3. The predicted molar refractivity (Wildman–Crippen MR) is 120 cm³/mol. The number of piperidine rings is 1. The molecule has 3 rings (SSSR count). The quantitative estimate of drug-likeness (QED) is 0.562. The van der Waals surface area contributed by atoms with Gasteiger partial charge < -0.3 is 19.3 Å². The monoisotopic (exact) mass is 435 g/mol. The molecule has 168 valence electrons. The van der Waals surface area contributed by atoms with E-state index in [0.717, 1.165) is 37.9 Å². The molecule has 0 unspecified atom stereocenters. The Morgan fingerprint density at radius 1 is 1.03 bits per heavy atom. The topological polar surface area (TPSA) is 82.9 Å². The molecule has 0 N–H and O–H groups in total. The maximum atomic E-state index is 13.1. The van der Waals surface area contributed by atoms with Crippen molar-refractivity contribution < 1.29 is 19.1 Å². The lowest BCUT2D eigenvalue weighted by Gasteiger charge is -2.26. The van der Waals surface area contributed by atoms with Gasteiger partial charge in [0.25, 0.3) is 11.8 Å². The van der Waals surface area contributed by atoms with Gasteiger partial charge in [0.05, 0.1) is 12.7 Å². The van der Waals surface area contributed by atoms with E-state index < -0.39 is 0 Å². The summed E-state index contributed by atoms with van der Waals surface area (Å²) in [5.74, 6) is 0.507. The molecule has 7 nitrogen and oxygen atoms in total. The number of nitrogens with zero attached hydrogens (tertiary/aromatic N) is 3. The van der Waals surface area contributed by atoms with Crippen LogP contribution in [0.15, 0.2) is 48.5 Å². The lowest BCUT2D eigenvalue weighted by molar-refractivity contribution is -0.134. The first-order valence-electron chi connectivity index (χ1n) is 11.0. The minimum atomic E-state index is -0.271. The number of benzene rings is 2. The predicted octanol–water partition coefficient (Wildman–Crippen LogP) is 3.64. The average Bonchev–Trinajstić information content (AvgIpc) is 2.83. The molecule has 1 saturated heterocycles. The van der Waals surface area contributed by atoms with E-state index in [4.69, 9.17) is 9.47 Å². The van der Waals surface area contributed by atoms with E-state index in [1.165, 1.54) is 4.90 Å². The highest BCUT2D eigenvalue weighted by Crippen LogP contribution is 2.29. The van der Waals surface area contributed by atoms with Gasteiger partial charge in [-0.2, -0.15) is 5.26 Å². The van der Waals surface area contributed by atoms with Crippen LogP contribution in [0.25, 0.3) is 0 Å². The van der Waals surface area contributed by atoms with Crippen LogP contribution in [0, 0.1) is 11.3 Å². The van der Waals surface area contributed by atoms with Crippen molar-refractivity contribution in [3.05, 3.63) is 59.7 Å². The van der Waals surface area contributed by atoms with Crippen molar-refractivity contribution in [1.29, 1.82) is 5.26 Å². The van der Waals surface area contributed by atoms with Crippen LogP contribution in [-0.4, -0.2) is 54.5 Å². The van der Waals surface area contributed by atoms with Crippen LogP contribution in [0.4, 0.5) is 0 Å². The van der Waals surface area contributed by atoms with Gasteiger partial charge in [-0.25, -0.2) is 0 Å². The number of hydrogen-bond donors (Lipinski definition) is 0. The van der Waals surface area contributed by atoms with E-state index in [1.807, 2.05) is 42.2 Å². The van der Waals surface area contributed by atoms with Crippen LogP contribution in [0.5, 0.6) is 11.5 Å². The SMILES string of the molecule is CCOc1cc(C(=O)N(CC#N)Cc2ccccc2)ccc1OCC(=O)N1CCCCC1. The second-order valence-corrected chi connectivity index (χ2v) is 7.63. The number of carbonyl (C=O) groups excluding carboxylic acids is 2. The molecule has 1 fully saturated rings.